The zero-order valence-corrected chi connectivity index (χ0v) is 18.8. The number of hydrogen-bond acceptors (Lipinski definition) is 7. The molecule has 2 aliphatic heterocycles. The first-order valence-corrected chi connectivity index (χ1v) is 11.6. The van der Waals surface area contributed by atoms with E-state index >= 15 is 0 Å². The number of carbonyl (C=O) groups is 2. The van der Waals surface area contributed by atoms with Gasteiger partial charge in [0.2, 0.25) is 5.91 Å². The summed E-state index contributed by atoms with van der Waals surface area (Å²) in [5.74, 6) is -0.300. The van der Waals surface area contributed by atoms with Crippen molar-refractivity contribution in [2.45, 2.75) is 18.9 Å². The van der Waals surface area contributed by atoms with Crippen LogP contribution in [0.4, 0.5) is 0 Å². The Labute approximate surface area is 193 Å². The highest BCUT2D eigenvalue weighted by atomic mass is 16.5. The summed E-state index contributed by atoms with van der Waals surface area (Å²) in [4.78, 5) is 34.1. The zero-order chi connectivity index (χ0) is 23.2. The van der Waals surface area contributed by atoms with E-state index in [9.17, 15) is 14.7 Å². The number of fused-ring (bicyclic) bond motifs is 1. The molecule has 0 bridgehead atoms. The van der Waals surface area contributed by atoms with Gasteiger partial charge in [-0.3, -0.25) is 24.4 Å². The van der Waals surface area contributed by atoms with Crippen LogP contribution >= 0.6 is 0 Å². The summed E-state index contributed by atoms with van der Waals surface area (Å²) in [7, 11) is 0. The molecule has 0 spiro atoms. The van der Waals surface area contributed by atoms with Gasteiger partial charge in [-0.05, 0) is 37.1 Å². The Balaban J connectivity index is 1.16. The van der Waals surface area contributed by atoms with Gasteiger partial charge in [0.05, 0.1) is 18.0 Å². The molecule has 2 N–H and O–H groups in total. The van der Waals surface area contributed by atoms with Gasteiger partial charge in [-0.15, -0.1) is 0 Å². The number of piperazine rings is 1. The third kappa shape index (κ3) is 6.19. The number of carboxylic acids is 1. The fourth-order valence-electron chi connectivity index (χ4n) is 4.53. The monoisotopic (exact) mass is 456 g/mol. The molecule has 178 valence electrons. The number of β-amino-alcohol motifs (C(OH)–C–C–N with tert-alkyl or cyclic N) is 1. The summed E-state index contributed by atoms with van der Waals surface area (Å²) in [5.41, 5.74) is 0.862. The minimum absolute atomic E-state index is 0.0744. The fraction of sp³-hybridized carbons (Fsp3) is 0.542. The van der Waals surface area contributed by atoms with Gasteiger partial charge in [-0.25, -0.2) is 0 Å². The molecule has 3 heterocycles. The number of carbonyl (C=O) groups excluding carboxylic acids is 1. The van der Waals surface area contributed by atoms with Gasteiger partial charge in [0.1, 0.15) is 18.5 Å². The number of amides is 1. The molecular formula is C24H32N4O5. The fourth-order valence-corrected chi connectivity index (χ4v) is 4.53. The van der Waals surface area contributed by atoms with Crippen LogP contribution in [0, 0.1) is 5.92 Å². The molecule has 4 rings (SSSR count). The molecular weight excluding hydrogens is 424 g/mol. The molecule has 0 saturated carbocycles. The van der Waals surface area contributed by atoms with E-state index < -0.39 is 12.1 Å². The Hall–Kier alpha value is -2.75. The lowest BCUT2D eigenvalue weighted by Crippen LogP contribution is -2.52. The molecule has 1 unspecified atom stereocenters. The highest BCUT2D eigenvalue weighted by molar-refractivity contribution is 5.84. The van der Waals surface area contributed by atoms with Crippen molar-refractivity contribution in [2.75, 3.05) is 59.0 Å². The molecule has 1 aromatic carbocycles. The number of rotatable bonds is 8. The molecule has 1 amide bonds. The molecule has 0 radical (unpaired) electrons. The first-order chi connectivity index (χ1) is 16.0. The Bertz CT molecular complexity index is 950. The molecule has 2 saturated heterocycles. The predicted octanol–water partition coefficient (Wildman–Crippen LogP) is 0.915. The SMILES string of the molecule is O=C(O)C1CCN(C(=O)CN2CCN(CC(O)COc3cccc4ncccc34)CC2)CC1. The number of aliphatic hydroxyl groups is 1. The van der Waals surface area contributed by atoms with Crippen LogP contribution in [-0.2, 0) is 9.59 Å². The number of aliphatic carboxylic acids is 1. The van der Waals surface area contributed by atoms with Crippen LogP contribution in [0.25, 0.3) is 10.9 Å². The van der Waals surface area contributed by atoms with Crippen LogP contribution in [-0.4, -0.2) is 107 Å². The predicted molar refractivity (Wildman–Crippen MR) is 123 cm³/mol. The lowest BCUT2D eigenvalue weighted by atomic mass is 9.97. The molecule has 9 heteroatoms. The molecule has 2 aliphatic rings. The summed E-state index contributed by atoms with van der Waals surface area (Å²) < 4.78 is 5.87. The number of aromatic nitrogens is 1. The zero-order valence-electron chi connectivity index (χ0n) is 18.8. The summed E-state index contributed by atoms with van der Waals surface area (Å²) in [6.45, 7) is 5.23. The average molecular weight is 457 g/mol. The maximum absolute atomic E-state index is 12.6. The highest BCUT2D eigenvalue weighted by Crippen LogP contribution is 2.23. The molecule has 2 fully saturated rings. The van der Waals surface area contributed by atoms with E-state index in [0.29, 0.717) is 39.0 Å². The number of likely N-dealkylation sites (tertiary alicyclic amines) is 1. The summed E-state index contributed by atoms with van der Waals surface area (Å²) in [6, 6.07) is 9.54. The van der Waals surface area contributed by atoms with Crippen molar-refractivity contribution in [1.82, 2.24) is 19.7 Å². The van der Waals surface area contributed by atoms with Crippen LogP contribution in [0.3, 0.4) is 0 Å². The molecule has 9 nitrogen and oxygen atoms in total. The minimum Gasteiger partial charge on any atom is -0.490 e. The van der Waals surface area contributed by atoms with Crippen molar-refractivity contribution in [2.24, 2.45) is 5.92 Å². The van der Waals surface area contributed by atoms with E-state index in [-0.39, 0.29) is 18.4 Å². The van der Waals surface area contributed by atoms with Gasteiger partial charge >= 0.3 is 5.97 Å². The van der Waals surface area contributed by atoms with Crippen LogP contribution in [0.15, 0.2) is 36.5 Å². The van der Waals surface area contributed by atoms with E-state index in [1.165, 1.54) is 0 Å². The van der Waals surface area contributed by atoms with E-state index in [0.717, 1.165) is 42.8 Å². The van der Waals surface area contributed by atoms with Crippen LogP contribution < -0.4 is 4.74 Å². The maximum Gasteiger partial charge on any atom is 0.306 e. The quantitative estimate of drug-likeness (QED) is 0.604. The van der Waals surface area contributed by atoms with Gasteiger partial charge in [0, 0.05) is 57.4 Å². The number of ether oxygens (including phenoxy) is 1. The number of nitrogens with zero attached hydrogens (tertiary/aromatic N) is 4. The molecule has 2 aromatic rings. The molecule has 1 atom stereocenters. The van der Waals surface area contributed by atoms with Gasteiger partial charge in [0.15, 0.2) is 0 Å². The second-order valence-corrected chi connectivity index (χ2v) is 8.86. The Kier molecular flexibility index (Phi) is 7.74. The van der Waals surface area contributed by atoms with Crippen molar-refractivity contribution in [3.05, 3.63) is 36.5 Å². The average Bonchev–Trinajstić information content (AvgIpc) is 2.84. The lowest BCUT2D eigenvalue weighted by Gasteiger charge is -2.37. The van der Waals surface area contributed by atoms with Crippen LogP contribution in [0.2, 0.25) is 0 Å². The van der Waals surface area contributed by atoms with Gasteiger partial charge in [-0.1, -0.05) is 6.07 Å². The maximum atomic E-state index is 12.6. The smallest absolute Gasteiger partial charge is 0.306 e. The summed E-state index contributed by atoms with van der Waals surface area (Å²) in [5, 5.41) is 20.5. The van der Waals surface area contributed by atoms with Gasteiger partial charge in [-0.2, -0.15) is 0 Å². The topological polar surface area (TPSA) is 106 Å². The first kappa shape index (κ1) is 23.4. The molecule has 0 aliphatic carbocycles. The Morgan fingerprint density at radius 1 is 1.03 bits per heavy atom. The molecule has 33 heavy (non-hydrogen) atoms. The summed E-state index contributed by atoms with van der Waals surface area (Å²) in [6.07, 6.45) is 2.20. The third-order valence-corrected chi connectivity index (χ3v) is 6.53. The van der Waals surface area contributed by atoms with Gasteiger partial charge in [0.25, 0.3) is 0 Å². The van der Waals surface area contributed by atoms with Crippen LogP contribution in [0.1, 0.15) is 12.8 Å². The second kappa shape index (κ2) is 10.9. The minimum atomic E-state index is -0.764. The Morgan fingerprint density at radius 2 is 1.76 bits per heavy atom. The van der Waals surface area contributed by atoms with E-state index in [2.05, 4.69) is 14.8 Å². The van der Waals surface area contributed by atoms with E-state index in [4.69, 9.17) is 9.84 Å². The third-order valence-electron chi connectivity index (χ3n) is 6.53. The number of benzene rings is 1. The number of aliphatic hydroxyl groups excluding tert-OH is 1. The first-order valence-electron chi connectivity index (χ1n) is 11.6. The normalized spacial score (nSPS) is 19.5. The number of pyridine rings is 1. The van der Waals surface area contributed by atoms with E-state index in [1.807, 2.05) is 30.3 Å². The number of hydrogen-bond donors (Lipinski definition) is 2. The van der Waals surface area contributed by atoms with E-state index in [1.54, 1.807) is 11.1 Å². The molecule has 1 aromatic heterocycles. The standard InChI is InChI=1S/C24H32N4O5/c29-19(17-33-22-5-1-4-21-20(22)3-2-8-25-21)15-26-11-13-27(14-12-26)16-23(30)28-9-6-18(7-10-28)24(31)32/h1-5,8,18-19,29H,6-7,9-17H2,(H,31,32). The highest BCUT2D eigenvalue weighted by Gasteiger charge is 2.28. The Morgan fingerprint density at radius 3 is 2.48 bits per heavy atom. The van der Waals surface area contributed by atoms with Crippen molar-refractivity contribution in [1.29, 1.82) is 0 Å². The van der Waals surface area contributed by atoms with Crippen molar-refractivity contribution >= 4 is 22.8 Å². The van der Waals surface area contributed by atoms with Crippen LogP contribution in [0.5, 0.6) is 5.75 Å². The van der Waals surface area contributed by atoms with Crippen molar-refractivity contribution < 1.29 is 24.5 Å². The second-order valence-electron chi connectivity index (χ2n) is 8.86. The van der Waals surface area contributed by atoms with Crippen molar-refractivity contribution in [3.63, 3.8) is 0 Å². The van der Waals surface area contributed by atoms with Crippen molar-refractivity contribution in [3.8, 4) is 5.75 Å². The number of piperidine rings is 1. The summed E-state index contributed by atoms with van der Waals surface area (Å²) >= 11 is 0. The lowest BCUT2D eigenvalue weighted by molar-refractivity contribution is -0.146. The largest absolute Gasteiger partial charge is 0.490 e. The number of carboxylic acid groups (broad SMARTS) is 1. The van der Waals surface area contributed by atoms with Gasteiger partial charge < -0.3 is 19.8 Å².